The van der Waals surface area contributed by atoms with Crippen LogP contribution in [0.15, 0.2) is 12.7 Å². The van der Waals surface area contributed by atoms with Gasteiger partial charge in [-0.2, -0.15) is 26.3 Å². The molecule has 0 unspecified atom stereocenters. The van der Waals surface area contributed by atoms with Crippen LogP contribution in [0.1, 0.15) is 0 Å². The number of hydrogen-bond acceptors (Lipinski definition) is 5. The van der Waals surface area contributed by atoms with Gasteiger partial charge in [-0.1, -0.05) is 6.58 Å². The maximum atomic E-state index is 12.3. The van der Waals surface area contributed by atoms with Crippen LogP contribution in [0.5, 0.6) is 0 Å². The van der Waals surface area contributed by atoms with Gasteiger partial charge in [0.2, 0.25) is 5.91 Å². The fourth-order valence-electron chi connectivity index (χ4n) is 0.940. The third kappa shape index (κ3) is 4.09. The van der Waals surface area contributed by atoms with E-state index in [1.807, 2.05) is 0 Å². The molecule has 0 rings (SSSR count). The number of amides is 1. The Labute approximate surface area is 114 Å². The second-order valence-corrected chi connectivity index (χ2v) is 7.90. The first kappa shape index (κ1) is 19.7. The van der Waals surface area contributed by atoms with Gasteiger partial charge in [0.1, 0.15) is 0 Å². The number of carbonyl (C=O) groups is 1. The second kappa shape index (κ2) is 5.82. The number of rotatable bonds is 5. The fourth-order valence-corrected chi connectivity index (χ4v) is 4.13. The summed E-state index contributed by atoms with van der Waals surface area (Å²) < 4.78 is 113. The summed E-state index contributed by atoms with van der Waals surface area (Å²) in [4.78, 5) is 10.7. The van der Waals surface area contributed by atoms with E-state index in [-0.39, 0.29) is 0 Å². The van der Waals surface area contributed by atoms with Gasteiger partial charge in [0.15, 0.2) is 4.58 Å². The molecule has 0 radical (unpaired) electrons. The molecular formula is C7H7F6NO5S2. The number of carbonyl (C=O) groups excluding carboxylic acids is 1. The predicted molar refractivity (Wildman–Crippen MR) is 56.9 cm³/mol. The van der Waals surface area contributed by atoms with E-state index in [1.165, 1.54) is 5.32 Å². The molecule has 124 valence electrons. The van der Waals surface area contributed by atoms with Crippen molar-refractivity contribution in [3.05, 3.63) is 12.7 Å². The molecule has 0 aromatic rings. The number of halogens is 6. The first-order valence-corrected chi connectivity index (χ1v) is 7.69. The minimum atomic E-state index is -6.74. The SMILES string of the molecule is C=CC(=O)NCC(S(=O)(=O)C(F)(F)F)S(=O)(=O)C(F)(F)F. The molecule has 0 atom stereocenters. The van der Waals surface area contributed by atoms with E-state index in [0.717, 1.165) is 0 Å². The Bertz CT molecular complexity index is 573. The van der Waals surface area contributed by atoms with Gasteiger partial charge >= 0.3 is 11.0 Å². The van der Waals surface area contributed by atoms with Crippen molar-refractivity contribution in [3.63, 3.8) is 0 Å². The number of alkyl halides is 6. The molecule has 21 heavy (non-hydrogen) atoms. The highest BCUT2D eigenvalue weighted by molar-refractivity contribution is 8.09. The molecule has 6 nitrogen and oxygen atoms in total. The monoisotopic (exact) mass is 363 g/mol. The summed E-state index contributed by atoms with van der Waals surface area (Å²) in [5.41, 5.74) is -12.5. The Kier molecular flexibility index (Phi) is 5.46. The van der Waals surface area contributed by atoms with Crippen molar-refractivity contribution < 1.29 is 48.0 Å². The molecule has 0 spiro atoms. The van der Waals surface area contributed by atoms with Gasteiger partial charge in [-0.05, 0) is 6.08 Å². The lowest BCUT2D eigenvalue weighted by atomic mass is 10.5. The predicted octanol–water partition coefficient (Wildman–Crippen LogP) is 0.484. The van der Waals surface area contributed by atoms with E-state index < -0.39 is 47.7 Å². The summed E-state index contributed by atoms with van der Waals surface area (Å²) >= 11 is 0. The zero-order valence-corrected chi connectivity index (χ0v) is 11.3. The van der Waals surface area contributed by atoms with Crippen LogP contribution in [0.25, 0.3) is 0 Å². The van der Waals surface area contributed by atoms with Crippen molar-refractivity contribution in [2.45, 2.75) is 15.6 Å². The number of hydrogen-bond donors (Lipinski definition) is 1. The second-order valence-electron chi connectivity index (χ2n) is 3.36. The molecule has 0 heterocycles. The molecule has 1 N–H and O–H groups in total. The highest BCUT2D eigenvalue weighted by Crippen LogP contribution is 2.35. The topological polar surface area (TPSA) is 97.4 Å². The number of nitrogens with one attached hydrogen (secondary N) is 1. The summed E-state index contributed by atoms with van der Waals surface area (Å²) in [7, 11) is -13.5. The lowest BCUT2D eigenvalue weighted by molar-refractivity contribution is -0.116. The lowest BCUT2D eigenvalue weighted by Gasteiger charge is -2.20. The maximum Gasteiger partial charge on any atom is 0.498 e. The highest BCUT2D eigenvalue weighted by atomic mass is 32.3. The van der Waals surface area contributed by atoms with Crippen LogP contribution >= 0.6 is 0 Å². The summed E-state index contributed by atoms with van der Waals surface area (Å²) in [5, 5.41) is 1.27. The Morgan fingerprint density at radius 2 is 1.33 bits per heavy atom. The standard InChI is InChI=1S/C7H7F6NO5S2/c1-2-4(15)14-3-5(20(16,17)6(8,9)10)21(18,19)7(11,12)13/h2,5H,1,3H2,(H,14,15). The third-order valence-corrected chi connectivity index (χ3v) is 6.49. The van der Waals surface area contributed by atoms with E-state index in [1.54, 1.807) is 0 Å². The van der Waals surface area contributed by atoms with E-state index in [9.17, 15) is 48.0 Å². The number of sulfone groups is 2. The summed E-state index contributed by atoms with van der Waals surface area (Å²) in [6.45, 7) is 0.869. The first-order valence-electron chi connectivity index (χ1n) is 4.59. The van der Waals surface area contributed by atoms with Crippen LogP contribution in [-0.4, -0.2) is 44.9 Å². The van der Waals surface area contributed by atoms with Gasteiger partial charge in [-0.15, -0.1) is 0 Å². The van der Waals surface area contributed by atoms with Gasteiger partial charge in [0.25, 0.3) is 19.7 Å². The largest absolute Gasteiger partial charge is 0.498 e. The lowest BCUT2D eigenvalue weighted by Crippen LogP contribution is -2.50. The van der Waals surface area contributed by atoms with Crippen molar-refractivity contribution in [1.29, 1.82) is 0 Å². The molecule has 14 heteroatoms. The molecule has 0 saturated heterocycles. The Morgan fingerprint density at radius 1 is 1.00 bits per heavy atom. The molecule has 0 saturated carbocycles. The van der Waals surface area contributed by atoms with Crippen molar-refractivity contribution in [1.82, 2.24) is 5.32 Å². The zero-order valence-electron chi connectivity index (χ0n) is 9.69. The van der Waals surface area contributed by atoms with Crippen LogP contribution in [-0.2, 0) is 24.5 Å². The Hall–Kier alpha value is -1.31. The molecule has 0 fully saturated rings. The molecule has 0 aromatic heterocycles. The van der Waals surface area contributed by atoms with Crippen molar-refractivity contribution >= 4 is 25.6 Å². The first-order chi connectivity index (χ1) is 9.09. The van der Waals surface area contributed by atoms with Crippen molar-refractivity contribution in [2.75, 3.05) is 6.54 Å². The van der Waals surface area contributed by atoms with Crippen LogP contribution in [0, 0.1) is 0 Å². The van der Waals surface area contributed by atoms with E-state index in [4.69, 9.17) is 0 Å². The summed E-state index contributed by atoms with van der Waals surface area (Å²) in [6, 6.07) is 0. The minimum Gasteiger partial charge on any atom is -0.350 e. The van der Waals surface area contributed by atoms with Crippen LogP contribution < -0.4 is 5.32 Å². The minimum absolute atomic E-state index is 0.400. The average Bonchev–Trinajstić information content (AvgIpc) is 2.25. The van der Waals surface area contributed by atoms with Gasteiger partial charge in [0.05, 0.1) is 0 Å². The zero-order chi connectivity index (χ0) is 17.3. The smallest absolute Gasteiger partial charge is 0.350 e. The van der Waals surface area contributed by atoms with E-state index in [2.05, 4.69) is 6.58 Å². The van der Waals surface area contributed by atoms with E-state index >= 15 is 0 Å². The van der Waals surface area contributed by atoms with Crippen LogP contribution in [0.2, 0.25) is 0 Å². The maximum absolute atomic E-state index is 12.3. The molecular weight excluding hydrogens is 356 g/mol. The van der Waals surface area contributed by atoms with E-state index in [0.29, 0.717) is 6.08 Å². The average molecular weight is 363 g/mol. The quantitative estimate of drug-likeness (QED) is 0.566. The molecule has 0 aliphatic rings. The summed E-state index contributed by atoms with van der Waals surface area (Å²) in [6.07, 6.45) is 0.400. The molecule has 0 aliphatic heterocycles. The molecule has 1 amide bonds. The van der Waals surface area contributed by atoms with Gasteiger partial charge < -0.3 is 5.32 Å². The van der Waals surface area contributed by atoms with Gasteiger partial charge in [0, 0.05) is 6.54 Å². The van der Waals surface area contributed by atoms with Gasteiger partial charge in [-0.3, -0.25) is 4.79 Å². The third-order valence-electron chi connectivity index (χ3n) is 1.97. The Balaban J connectivity index is 5.96. The van der Waals surface area contributed by atoms with Gasteiger partial charge in [-0.25, -0.2) is 16.8 Å². The highest BCUT2D eigenvalue weighted by Gasteiger charge is 2.62. The van der Waals surface area contributed by atoms with Crippen LogP contribution in [0.4, 0.5) is 26.3 Å². The van der Waals surface area contributed by atoms with Crippen molar-refractivity contribution in [3.8, 4) is 0 Å². The Morgan fingerprint density at radius 3 is 1.57 bits per heavy atom. The van der Waals surface area contributed by atoms with Crippen LogP contribution in [0.3, 0.4) is 0 Å². The molecule has 0 aromatic carbocycles. The van der Waals surface area contributed by atoms with Crippen molar-refractivity contribution in [2.24, 2.45) is 0 Å². The molecule has 0 aliphatic carbocycles. The fraction of sp³-hybridized carbons (Fsp3) is 0.571. The normalized spacial score (nSPS) is 14.0. The molecule has 0 bridgehead atoms. The summed E-state index contributed by atoms with van der Waals surface area (Å²) in [5.74, 6) is -1.35.